The molecule has 1 atom stereocenters. The number of carbonyl (C=O) groups is 2. The molecule has 1 aromatic heterocycles. The number of Topliss-reactive ketones (excluding diaryl/α,β-unsaturated/α-hetero) is 1. The summed E-state index contributed by atoms with van der Waals surface area (Å²) in [4.78, 5) is 28.0. The summed E-state index contributed by atoms with van der Waals surface area (Å²) in [7, 11) is 0. The van der Waals surface area contributed by atoms with E-state index in [0.29, 0.717) is 12.1 Å². The van der Waals surface area contributed by atoms with Crippen LogP contribution in [0.15, 0.2) is 34.1 Å². The maximum atomic E-state index is 12.2. The molecule has 1 N–H and O–H groups in total. The Morgan fingerprint density at radius 3 is 2.71 bits per heavy atom. The predicted octanol–water partition coefficient (Wildman–Crippen LogP) is 4.82. The second-order valence-corrected chi connectivity index (χ2v) is 8.01. The number of hydrogen-bond acceptors (Lipinski definition) is 4. The Morgan fingerprint density at radius 2 is 2.08 bits per heavy atom. The van der Waals surface area contributed by atoms with Gasteiger partial charge in [0.2, 0.25) is 0 Å². The number of aliphatic carboxylic acids is 1. The van der Waals surface area contributed by atoms with Gasteiger partial charge in [-0.25, -0.2) is 4.98 Å². The molecule has 0 amide bonds. The number of carbonyl (C=O) groups excluding carboxylic acids is 1. The normalized spacial score (nSPS) is 12.3. The lowest BCUT2D eigenvalue weighted by Crippen LogP contribution is -2.20. The molecular formula is C18H20BrNO3S. The summed E-state index contributed by atoms with van der Waals surface area (Å²) in [5, 5.41) is 12.0. The van der Waals surface area contributed by atoms with Crippen LogP contribution in [0.3, 0.4) is 0 Å². The largest absolute Gasteiger partial charge is 0.481 e. The van der Waals surface area contributed by atoms with Crippen molar-refractivity contribution in [2.24, 2.45) is 11.8 Å². The molecule has 0 saturated heterocycles. The lowest BCUT2D eigenvalue weighted by atomic mass is 9.91. The smallest absolute Gasteiger partial charge is 0.306 e. The van der Waals surface area contributed by atoms with Crippen LogP contribution in [0.1, 0.15) is 32.4 Å². The van der Waals surface area contributed by atoms with Gasteiger partial charge >= 0.3 is 5.97 Å². The molecule has 0 radical (unpaired) electrons. The number of carboxylic acids is 1. The number of benzene rings is 1. The summed E-state index contributed by atoms with van der Waals surface area (Å²) in [5.74, 6) is -1.33. The van der Waals surface area contributed by atoms with Gasteiger partial charge in [-0.3, -0.25) is 9.59 Å². The van der Waals surface area contributed by atoms with Crippen molar-refractivity contribution in [1.82, 2.24) is 4.98 Å². The fourth-order valence-corrected chi connectivity index (χ4v) is 3.75. The lowest BCUT2D eigenvalue weighted by molar-refractivity contribution is -0.144. The standard InChI is InChI=1S/C18H20BrNO3S/c1-11(2)6-13(18(22)23)8-16(21)9-15-10-24-17(20-15)12-4-3-5-14(19)7-12/h3-5,7,10-11,13H,6,8-9H2,1-2H3,(H,22,23)/t13-/m1/s1. The number of halogens is 1. The summed E-state index contributed by atoms with van der Waals surface area (Å²) < 4.78 is 0.978. The third kappa shape index (κ3) is 5.53. The third-order valence-corrected chi connectivity index (χ3v) is 5.01. The van der Waals surface area contributed by atoms with Crippen molar-refractivity contribution in [1.29, 1.82) is 0 Å². The van der Waals surface area contributed by atoms with Crippen molar-refractivity contribution in [3.05, 3.63) is 39.8 Å². The Hall–Kier alpha value is -1.53. The van der Waals surface area contributed by atoms with Crippen LogP contribution in [0.2, 0.25) is 0 Å². The van der Waals surface area contributed by atoms with Crippen molar-refractivity contribution in [2.75, 3.05) is 0 Å². The zero-order chi connectivity index (χ0) is 17.7. The van der Waals surface area contributed by atoms with Crippen LogP contribution >= 0.6 is 27.3 Å². The Bertz CT molecular complexity index is 727. The number of rotatable bonds is 8. The van der Waals surface area contributed by atoms with E-state index in [-0.39, 0.29) is 24.5 Å². The van der Waals surface area contributed by atoms with Crippen LogP contribution in [0.4, 0.5) is 0 Å². The molecule has 2 rings (SSSR count). The highest BCUT2D eigenvalue weighted by Gasteiger charge is 2.22. The summed E-state index contributed by atoms with van der Waals surface area (Å²) in [6.07, 6.45) is 0.769. The topological polar surface area (TPSA) is 67.3 Å². The molecule has 24 heavy (non-hydrogen) atoms. The van der Waals surface area contributed by atoms with Crippen LogP contribution in [-0.4, -0.2) is 21.8 Å². The minimum Gasteiger partial charge on any atom is -0.481 e. The summed E-state index contributed by atoms with van der Waals surface area (Å²) in [6.45, 7) is 3.93. The summed E-state index contributed by atoms with van der Waals surface area (Å²) in [6, 6.07) is 7.84. The highest BCUT2D eigenvalue weighted by atomic mass is 79.9. The Labute approximate surface area is 154 Å². The van der Waals surface area contributed by atoms with Gasteiger partial charge in [0.05, 0.1) is 11.6 Å². The number of nitrogens with zero attached hydrogens (tertiary/aromatic N) is 1. The van der Waals surface area contributed by atoms with E-state index in [0.717, 1.165) is 15.0 Å². The van der Waals surface area contributed by atoms with Gasteiger partial charge in [0.1, 0.15) is 10.8 Å². The molecule has 0 unspecified atom stereocenters. The maximum Gasteiger partial charge on any atom is 0.306 e. The molecule has 0 aliphatic carbocycles. The van der Waals surface area contributed by atoms with Crippen LogP contribution in [-0.2, 0) is 16.0 Å². The molecule has 0 spiro atoms. The van der Waals surface area contributed by atoms with Crippen molar-refractivity contribution in [3.63, 3.8) is 0 Å². The number of hydrogen-bond donors (Lipinski definition) is 1. The van der Waals surface area contributed by atoms with E-state index in [2.05, 4.69) is 20.9 Å². The van der Waals surface area contributed by atoms with E-state index in [1.807, 2.05) is 43.5 Å². The number of thiazole rings is 1. The molecule has 0 aliphatic heterocycles. The SMILES string of the molecule is CC(C)C[C@H](CC(=O)Cc1csc(-c2cccc(Br)c2)n1)C(=O)O. The van der Waals surface area contributed by atoms with Crippen molar-refractivity contribution in [3.8, 4) is 10.6 Å². The lowest BCUT2D eigenvalue weighted by Gasteiger charge is -2.13. The number of aromatic nitrogens is 1. The van der Waals surface area contributed by atoms with Gasteiger partial charge in [-0.05, 0) is 24.5 Å². The fraction of sp³-hybridized carbons (Fsp3) is 0.389. The molecule has 128 valence electrons. The second-order valence-electron chi connectivity index (χ2n) is 6.24. The van der Waals surface area contributed by atoms with Crippen molar-refractivity contribution >= 4 is 39.0 Å². The zero-order valence-electron chi connectivity index (χ0n) is 13.7. The van der Waals surface area contributed by atoms with Gasteiger partial charge in [-0.2, -0.15) is 0 Å². The summed E-state index contributed by atoms with van der Waals surface area (Å²) in [5.41, 5.74) is 1.70. The van der Waals surface area contributed by atoms with Crippen LogP contribution in [0.5, 0.6) is 0 Å². The zero-order valence-corrected chi connectivity index (χ0v) is 16.1. The minimum atomic E-state index is -0.898. The molecule has 6 heteroatoms. The molecule has 0 aliphatic rings. The maximum absolute atomic E-state index is 12.2. The van der Waals surface area contributed by atoms with Crippen LogP contribution < -0.4 is 0 Å². The number of ketones is 1. The average molecular weight is 410 g/mol. The summed E-state index contributed by atoms with van der Waals surface area (Å²) >= 11 is 4.92. The van der Waals surface area contributed by atoms with E-state index in [1.165, 1.54) is 11.3 Å². The molecule has 0 saturated carbocycles. The van der Waals surface area contributed by atoms with Gasteiger partial charge in [-0.1, -0.05) is 41.9 Å². The Balaban J connectivity index is 2.01. The second kappa shape index (κ2) is 8.53. The van der Waals surface area contributed by atoms with Crippen molar-refractivity contribution < 1.29 is 14.7 Å². The molecule has 0 bridgehead atoms. The highest BCUT2D eigenvalue weighted by Crippen LogP contribution is 2.27. The molecule has 1 heterocycles. The Kier molecular flexibility index (Phi) is 6.69. The van der Waals surface area contributed by atoms with E-state index in [9.17, 15) is 14.7 Å². The predicted molar refractivity (Wildman–Crippen MR) is 99.2 cm³/mol. The molecule has 2 aromatic rings. The van der Waals surface area contributed by atoms with Crippen LogP contribution in [0.25, 0.3) is 10.6 Å². The van der Waals surface area contributed by atoms with Gasteiger partial charge in [0.25, 0.3) is 0 Å². The molecule has 4 nitrogen and oxygen atoms in total. The van der Waals surface area contributed by atoms with E-state index in [4.69, 9.17) is 0 Å². The van der Waals surface area contributed by atoms with E-state index >= 15 is 0 Å². The van der Waals surface area contributed by atoms with E-state index < -0.39 is 11.9 Å². The average Bonchev–Trinajstić information content (AvgIpc) is 2.94. The third-order valence-electron chi connectivity index (χ3n) is 3.58. The van der Waals surface area contributed by atoms with Crippen molar-refractivity contribution in [2.45, 2.75) is 33.1 Å². The Morgan fingerprint density at radius 1 is 1.33 bits per heavy atom. The van der Waals surface area contributed by atoms with Gasteiger partial charge in [-0.15, -0.1) is 11.3 Å². The molecule has 0 fully saturated rings. The fourth-order valence-electron chi connectivity index (χ4n) is 2.53. The first-order valence-electron chi connectivity index (χ1n) is 7.80. The number of carboxylic acid groups (broad SMARTS) is 1. The van der Waals surface area contributed by atoms with Crippen LogP contribution in [0, 0.1) is 11.8 Å². The highest BCUT2D eigenvalue weighted by molar-refractivity contribution is 9.10. The van der Waals surface area contributed by atoms with Gasteiger partial charge < -0.3 is 5.11 Å². The first-order chi connectivity index (χ1) is 11.3. The molecular weight excluding hydrogens is 390 g/mol. The monoisotopic (exact) mass is 409 g/mol. The molecule has 1 aromatic carbocycles. The quantitative estimate of drug-likeness (QED) is 0.678. The first-order valence-corrected chi connectivity index (χ1v) is 9.47. The van der Waals surface area contributed by atoms with Gasteiger partial charge in [0.15, 0.2) is 0 Å². The minimum absolute atomic E-state index is 0.0667. The first kappa shape index (κ1) is 18.8. The van der Waals surface area contributed by atoms with E-state index in [1.54, 1.807) is 0 Å². The van der Waals surface area contributed by atoms with Gasteiger partial charge in [0, 0.05) is 28.3 Å².